The van der Waals surface area contributed by atoms with E-state index in [-0.39, 0.29) is 5.91 Å². The molecule has 1 fully saturated rings. The van der Waals surface area contributed by atoms with Crippen LogP contribution in [-0.4, -0.2) is 19.1 Å². The van der Waals surface area contributed by atoms with Gasteiger partial charge in [-0.1, -0.05) is 19.1 Å². The molecule has 0 spiro atoms. The lowest BCUT2D eigenvalue weighted by molar-refractivity contribution is -0.127. The van der Waals surface area contributed by atoms with E-state index in [1.807, 2.05) is 31.2 Å². The number of para-hydroxylation sites is 2. The van der Waals surface area contributed by atoms with Gasteiger partial charge < -0.3 is 15.8 Å². The molecule has 1 aliphatic rings. The summed E-state index contributed by atoms with van der Waals surface area (Å²) in [5, 5.41) is 3.03. The van der Waals surface area contributed by atoms with Crippen LogP contribution in [0.25, 0.3) is 0 Å². The molecule has 0 saturated heterocycles. The molecule has 0 radical (unpaired) electrons. The molecule has 4 heteroatoms. The minimum atomic E-state index is -0.425. The molecule has 1 amide bonds. The molecule has 0 atom stereocenters. The van der Waals surface area contributed by atoms with Crippen LogP contribution in [0.2, 0.25) is 0 Å². The minimum absolute atomic E-state index is 0.0315. The molecular weight excluding hydrogens is 264 g/mol. The lowest BCUT2D eigenvalue weighted by Gasteiger charge is -2.37. The van der Waals surface area contributed by atoms with Crippen molar-refractivity contribution in [1.82, 2.24) is 0 Å². The topological polar surface area (TPSA) is 64.3 Å². The molecule has 1 aromatic rings. The fourth-order valence-electron chi connectivity index (χ4n) is 2.94. The fraction of sp³-hybridized carbons (Fsp3) is 0.588. The number of nitrogens with one attached hydrogen (secondary N) is 1. The van der Waals surface area contributed by atoms with Crippen LogP contribution in [0, 0.1) is 11.3 Å². The van der Waals surface area contributed by atoms with Crippen LogP contribution in [0.5, 0.6) is 5.75 Å². The molecule has 2 rings (SSSR count). The number of benzene rings is 1. The number of hydrogen-bond donors (Lipinski definition) is 2. The van der Waals surface area contributed by atoms with E-state index in [4.69, 9.17) is 10.5 Å². The first-order chi connectivity index (χ1) is 10.1. The first-order valence-electron chi connectivity index (χ1n) is 7.84. The molecule has 0 bridgehead atoms. The van der Waals surface area contributed by atoms with Crippen LogP contribution in [-0.2, 0) is 4.79 Å². The number of rotatable bonds is 5. The van der Waals surface area contributed by atoms with Gasteiger partial charge in [0, 0.05) is 6.54 Å². The summed E-state index contributed by atoms with van der Waals surface area (Å²) in [5.74, 6) is 1.43. The Hall–Kier alpha value is -1.55. The van der Waals surface area contributed by atoms with E-state index in [2.05, 4.69) is 12.2 Å². The summed E-state index contributed by atoms with van der Waals surface area (Å²) in [6, 6.07) is 7.55. The van der Waals surface area contributed by atoms with E-state index >= 15 is 0 Å². The van der Waals surface area contributed by atoms with Crippen molar-refractivity contribution in [2.45, 2.75) is 39.5 Å². The second-order valence-electron chi connectivity index (χ2n) is 6.05. The SMILES string of the molecule is CCOc1ccccc1NC(=O)C1(CN)CCC(C)CC1. The largest absolute Gasteiger partial charge is 0.492 e. The van der Waals surface area contributed by atoms with Crippen LogP contribution in [0.4, 0.5) is 5.69 Å². The van der Waals surface area contributed by atoms with Crippen molar-refractivity contribution < 1.29 is 9.53 Å². The monoisotopic (exact) mass is 290 g/mol. The van der Waals surface area contributed by atoms with Crippen molar-refractivity contribution in [3.63, 3.8) is 0 Å². The van der Waals surface area contributed by atoms with Gasteiger partial charge in [0.15, 0.2) is 0 Å². The smallest absolute Gasteiger partial charge is 0.231 e. The predicted molar refractivity (Wildman–Crippen MR) is 85.4 cm³/mol. The maximum Gasteiger partial charge on any atom is 0.231 e. The van der Waals surface area contributed by atoms with E-state index < -0.39 is 5.41 Å². The number of anilines is 1. The Labute approximate surface area is 127 Å². The van der Waals surface area contributed by atoms with Gasteiger partial charge in [-0.25, -0.2) is 0 Å². The van der Waals surface area contributed by atoms with Crippen molar-refractivity contribution in [3.05, 3.63) is 24.3 Å². The predicted octanol–water partition coefficient (Wildman–Crippen LogP) is 3.18. The fourth-order valence-corrected chi connectivity index (χ4v) is 2.94. The van der Waals surface area contributed by atoms with Crippen LogP contribution in [0.15, 0.2) is 24.3 Å². The quantitative estimate of drug-likeness (QED) is 0.875. The molecule has 21 heavy (non-hydrogen) atoms. The Morgan fingerprint density at radius 1 is 1.38 bits per heavy atom. The Bertz CT molecular complexity index is 479. The average molecular weight is 290 g/mol. The van der Waals surface area contributed by atoms with Crippen molar-refractivity contribution in [2.24, 2.45) is 17.1 Å². The second-order valence-corrected chi connectivity index (χ2v) is 6.05. The van der Waals surface area contributed by atoms with Gasteiger partial charge in [-0.05, 0) is 50.7 Å². The van der Waals surface area contributed by atoms with Gasteiger partial charge in [0.2, 0.25) is 5.91 Å². The highest BCUT2D eigenvalue weighted by molar-refractivity contribution is 5.96. The summed E-state index contributed by atoms with van der Waals surface area (Å²) in [6.45, 7) is 5.15. The van der Waals surface area contributed by atoms with Crippen molar-refractivity contribution in [1.29, 1.82) is 0 Å². The second kappa shape index (κ2) is 6.94. The van der Waals surface area contributed by atoms with Gasteiger partial charge in [0.1, 0.15) is 5.75 Å². The molecule has 4 nitrogen and oxygen atoms in total. The molecule has 1 saturated carbocycles. The molecule has 1 aliphatic carbocycles. The zero-order chi connectivity index (χ0) is 15.3. The Balaban J connectivity index is 2.13. The van der Waals surface area contributed by atoms with Crippen LogP contribution in [0.1, 0.15) is 39.5 Å². The third-order valence-corrected chi connectivity index (χ3v) is 4.54. The Morgan fingerprint density at radius 2 is 2.05 bits per heavy atom. The highest BCUT2D eigenvalue weighted by Gasteiger charge is 2.40. The summed E-state index contributed by atoms with van der Waals surface area (Å²) in [5.41, 5.74) is 6.25. The van der Waals surface area contributed by atoms with Crippen molar-refractivity contribution in [2.75, 3.05) is 18.5 Å². The number of hydrogen-bond acceptors (Lipinski definition) is 3. The third-order valence-electron chi connectivity index (χ3n) is 4.54. The normalized spacial score (nSPS) is 25.4. The lowest BCUT2D eigenvalue weighted by Crippen LogP contribution is -2.44. The van der Waals surface area contributed by atoms with Crippen LogP contribution >= 0.6 is 0 Å². The maximum absolute atomic E-state index is 12.7. The molecule has 3 N–H and O–H groups in total. The van der Waals surface area contributed by atoms with Crippen LogP contribution < -0.4 is 15.8 Å². The number of ether oxygens (including phenoxy) is 1. The molecule has 0 heterocycles. The summed E-state index contributed by atoms with van der Waals surface area (Å²) >= 11 is 0. The van der Waals surface area contributed by atoms with E-state index in [1.54, 1.807) is 0 Å². The highest BCUT2D eigenvalue weighted by Crippen LogP contribution is 2.39. The van der Waals surface area contributed by atoms with Gasteiger partial charge in [0.25, 0.3) is 0 Å². The van der Waals surface area contributed by atoms with Gasteiger partial charge >= 0.3 is 0 Å². The van der Waals surface area contributed by atoms with E-state index in [1.165, 1.54) is 0 Å². The zero-order valence-electron chi connectivity index (χ0n) is 13.0. The molecular formula is C17H26N2O2. The summed E-state index contributed by atoms with van der Waals surface area (Å²) in [6.07, 6.45) is 3.87. The van der Waals surface area contributed by atoms with E-state index in [0.29, 0.717) is 24.8 Å². The first kappa shape index (κ1) is 15.8. The Kier molecular flexibility index (Phi) is 5.23. The van der Waals surface area contributed by atoms with Crippen molar-refractivity contribution in [3.8, 4) is 5.75 Å². The average Bonchev–Trinajstić information content (AvgIpc) is 2.50. The number of nitrogens with two attached hydrogens (primary N) is 1. The molecule has 0 aliphatic heterocycles. The van der Waals surface area contributed by atoms with Crippen LogP contribution in [0.3, 0.4) is 0 Å². The Morgan fingerprint density at radius 3 is 2.67 bits per heavy atom. The minimum Gasteiger partial charge on any atom is -0.492 e. The van der Waals surface area contributed by atoms with E-state index in [9.17, 15) is 4.79 Å². The third kappa shape index (κ3) is 3.56. The first-order valence-corrected chi connectivity index (χ1v) is 7.84. The van der Waals surface area contributed by atoms with Gasteiger partial charge in [-0.3, -0.25) is 4.79 Å². The molecule has 0 unspecified atom stereocenters. The zero-order valence-corrected chi connectivity index (χ0v) is 13.0. The molecule has 1 aromatic carbocycles. The number of carbonyl (C=O) groups is 1. The van der Waals surface area contributed by atoms with Crippen molar-refractivity contribution >= 4 is 11.6 Å². The summed E-state index contributed by atoms with van der Waals surface area (Å²) in [7, 11) is 0. The standard InChI is InChI=1S/C17H26N2O2/c1-3-21-15-7-5-4-6-14(15)19-16(20)17(12-18)10-8-13(2)9-11-17/h4-7,13H,3,8-12,18H2,1-2H3,(H,19,20). The van der Waals surface area contributed by atoms with Gasteiger partial charge in [-0.2, -0.15) is 0 Å². The highest BCUT2D eigenvalue weighted by atomic mass is 16.5. The summed E-state index contributed by atoms with van der Waals surface area (Å²) in [4.78, 5) is 12.7. The van der Waals surface area contributed by atoms with Gasteiger partial charge in [-0.15, -0.1) is 0 Å². The van der Waals surface area contributed by atoms with E-state index in [0.717, 1.165) is 31.4 Å². The lowest BCUT2D eigenvalue weighted by atomic mass is 9.70. The molecule has 116 valence electrons. The maximum atomic E-state index is 12.7. The number of amides is 1. The molecule has 0 aromatic heterocycles. The number of carbonyl (C=O) groups excluding carboxylic acids is 1. The van der Waals surface area contributed by atoms with Gasteiger partial charge in [0.05, 0.1) is 17.7 Å². The summed E-state index contributed by atoms with van der Waals surface area (Å²) < 4.78 is 5.56.